The molecule has 3 aliphatic heterocycles. The Labute approximate surface area is 152 Å². The Kier molecular flexibility index (Phi) is 3.60. The lowest BCUT2D eigenvalue weighted by Crippen LogP contribution is -3.23. The molecule has 0 aliphatic carbocycles. The van der Waals surface area contributed by atoms with Crippen LogP contribution in [0.3, 0.4) is 0 Å². The van der Waals surface area contributed by atoms with Gasteiger partial charge in [0.15, 0.2) is 0 Å². The second kappa shape index (κ2) is 5.88. The number of carbonyl (C=O) groups is 1. The summed E-state index contributed by atoms with van der Waals surface area (Å²) in [5.74, 6) is 1.07. The van der Waals surface area contributed by atoms with Crippen LogP contribution in [0.2, 0.25) is 0 Å². The fraction of sp³-hybridized carbons (Fsp3) is 0.476. The highest BCUT2D eigenvalue weighted by molar-refractivity contribution is 5.97. The number of fused-ring (bicyclic) bond motifs is 5. The number of rotatable bonds is 1. The molecule has 0 aromatic heterocycles. The predicted octanol–water partition coefficient (Wildman–Crippen LogP) is 1.70. The largest absolute Gasteiger partial charge is 0.507 e. The highest BCUT2D eigenvalue weighted by Crippen LogP contribution is 2.51. The van der Waals surface area contributed by atoms with Crippen LogP contribution < -0.4 is 15.0 Å². The number of quaternary nitrogens is 1. The molecule has 0 saturated carbocycles. The minimum absolute atomic E-state index is 0.0105. The maximum absolute atomic E-state index is 13.3. The molecule has 0 bridgehead atoms. The number of likely N-dealkylation sites (tertiary alicyclic amines) is 1. The van der Waals surface area contributed by atoms with Crippen molar-refractivity contribution in [1.82, 2.24) is 5.32 Å². The minimum atomic E-state index is -0.893. The normalized spacial score (nSPS) is 28.8. The number of nitrogens with one attached hydrogen (secondary N) is 2. The quantitative estimate of drug-likeness (QED) is 0.731. The van der Waals surface area contributed by atoms with Gasteiger partial charge in [-0.2, -0.15) is 0 Å². The molecule has 2 aromatic rings. The van der Waals surface area contributed by atoms with Gasteiger partial charge in [0.1, 0.15) is 11.5 Å². The topological polar surface area (TPSA) is 63.0 Å². The van der Waals surface area contributed by atoms with E-state index < -0.39 is 5.72 Å². The van der Waals surface area contributed by atoms with Crippen LogP contribution in [0.5, 0.6) is 11.5 Å². The van der Waals surface area contributed by atoms with E-state index in [4.69, 9.17) is 4.74 Å². The van der Waals surface area contributed by atoms with E-state index in [0.717, 1.165) is 60.9 Å². The lowest BCUT2D eigenvalue weighted by molar-refractivity contribution is -0.967. The number of phenolic OH excluding ortho intramolecular Hbond substituents is 1. The van der Waals surface area contributed by atoms with Gasteiger partial charge in [0.2, 0.25) is 0 Å². The average Bonchev–Trinajstić information content (AvgIpc) is 2.92. The fourth-order valence-electron chi connectivity index (χ4n) is 5.21. The first-order valence-electron chi connectivity index (χ1n) is 9.79. The van der Waals surface area contributed by atoms with Crippen molar-refractivity contribution in [2.45, 2.75) is 43.7 Å². The molecule has 3 heterocycles. The molecule has 5 heteroatoms. The van der Waals surface area contributed by atoms with E-state index in [1.165, 1.54) is 11.3 Å². The summed E-state index contributed by atoms with van der Waals surface area (Å²) in [6.45, 7) is 2.62. The molecule has 0 spiro atoms. The van der Waals surface area contributed by atoms with E-state index in [1.807, 2.05) is 30.3 Å². The van der Waals surface area contributed by atoms with Crippen molar-refractivity contribution < 1.29 is 19.5 Å². The van der Waals surface area contributed by atoms with Crippen LogP contribution in [-0.2, 0) is 4.79 Å². The summed E-state index contributed by atoms with van der Waals surface area (Å²) in [7, 11) is 0. The third-order valence-corrected chi connectivity index (χ3v) is 6.41. The highest BCUT2D eigenvalue weighted by atomic mass is 16.5. The van der Waals surface area contributed by atoms with Crippen LogP contribution in [0.15, 0.2) is 30.3 Å². The van der Waals surface area contributed by atoms with Gasteiger partial charge in [-0.3, -0.25) is 9.69 Å². The number of amides is 1. The zero-order valence-electron chi connectivity index (χ0n) is 14.9. The van der Waals surface area contributed by atoms with Gasteiger partial charge < -0.3 is 15.2 Å². The Morgan fingerprint density at radius 2 is 1.88 bits per heavy atom. The number of aromatic hydroxyl groups is 1. The highest BCUT2D eigenvalue weighted by Gasteiger charge is 2.63. The zero-order chi connectivity index (χ0) is 17.7. The van der Waals surface area contributed by atoms with Crippen LogP contribution in [0, 0.1) is 0 Å². The molecule has 0 radical (unpaired) electrons. The number of hydrogen-bond donors (Lipinski definition) is 3. The van der Waals surface area contributed by atoms with E-state index in [9.17, 15) is 9.90 Å². The van der Waals surface area contributed by atoms with Crippen LogP contribution in [0.4, 0.5) is 0 Å². The maximum atomic E-state index is 13.3. The first-order valence-corrected chi connectivity index (χ1v) is 9.79. The number of ether oxygens (including phenoxy) is 1. The Hall–Kier alpha value is -2.27. The summed E-state index contributed by atoms with van der Waals surface area (Å²) in [6.07, 6.45) is 5.31. The molecule has 1 amide bonds. The van der Waals surface area contributed by atoms with Gasteiger partial charge >= 0.3 is 11.6 Å². The molecule has 0 unspecified atom stereocenters. The molecule has 26 heavy (non-hydrogen) atoms. The summed E-state index contributed by atoms with van der Waals surface area (Å²) in [5, 5.41) is 15.4. The van der Waals surface area contributed by atoms with E-state index in [1.54, 1.807) is 0 Å². The molecule has 2 fully saturated rings. The SMILES string of the molecule is O=C1NCCC[C@H]2c3cc(O)c4ccccc4c3O[C@@]12[NH+]1CCCCC1. The van der Waals surface area contributed by atoms with Crippen LogP contribution >= 0.6 is 0 Å². The van der Waals surface area contributed by atoms with Gasteiger partial charge in [-0.1, -0.05) is 24.3 Å². The van der Waals surface area contributed by atoms with Gasteiger partial charge in [-0.05, 0) is 38.2 Å². The zero-order valence-corrected chi connectivity index (χ0v) is 14.9. The Morgan fingerprint density at radius 1 is 1.12 bits per heavy atom. The number of phenols is 1. The van der Waals surface area contributed by atoms with Crippen molar-refractivity contribution in [2.24, 2.45) is 0 Å². The van der Waals surface area contributed by atoms with Gasteiger partial charge in [0.05, 0.1) is 19.0 Å². The molecule has 3 aliphatic rings. The maximum Gasteiger partial charge on any atom is 0.328 e. The first-order chi connectivity index (χ1) is 12.7. The minimum Gasteiger partial charge on any atom is -0.507 e. The summed E-state index contributed by atoms with van der Waals surface area (Å²) < 4.78 is 6.64. The molecule has 3 N–H and O–H groups in total. The lowest BCUT2D eigenvalue weighted by Gasteiger charge is -2.39. The van der Waals surface area contributed by atoms with Crippen LogP contribution in [0.25, 0.3) is 10.8 Å². The molecule has 5 nitrogen and oxygen atoms in total. The lowest BCUT2D eigenvalue weighted by atomic mass is 9.84. The van der Waals surface area contributed by atoms with Crippen LogP contribution in [-0.4, -0.2) is 36.4 Å². The summed E-state index contributed by atoms with van der Waals surface area (Å²) >= 11 is 0. The van der Waals surface area contributed by atoms with Crippen molar-refractivity contribution in [3.63, 3.8) is 0 Å². The number of benzene rings is 2. The van der Waals surface area contributed by atoms with E-state index in [-0.39, 0.29) is 17.6 Å². The summed E-state index contributed by atoms with van der Waals surface area (Å²) in [6, 6.07) is 9.60. The molecule has 2 saturated heterocycles. The van der Waals surface area contributed by atoms with Crippen molar-refractivity contribution in [2.75, 3.05) is 19.6 Å². The molecule has 136 valence electrons. The Balaban J connectivity index is 1.73. The van der Waals surface area contributed by atoms with Gasteiger partial charge in [0.25, 0.3) is 0 Å². The monoisotopic (exact) mass is 353 g/mol. The standard InChI is InChI=1S/C21H24N2O3/c24-18-13-16-17-9-6-10-22-20(25)21(17,23-11-4-1-5-12-23)26-19(16)15-8-3-2-7-14(15)18/h2-3,7-8,13,17,24H,1,4-6,9-12H2,(H,22,25)/p+1/t17-,21+/m0/s1. The second-order valence-corrected chi connectivity index (χ2v) is 7.81. The molecule has 2 aromatic carbocycles. The number of carbonyl (C=O) groups excluding carboxylic acids is 1. The van der Waals surface area contributed by atoms with Crippen molar-refractivity contribution in [3.8, 4) is 11.5 Å². The second-order valence-electron chi connectivity index (χ2n) is 7.81. The van der Waals surface area contributed by atoms with E-state index >= 15 is 0 Å². The first kappa shape index (κ1) is 15.9. The average molecular weight is 353 g/mol. The number of hydrogen-bond acceptors (Lipinski definition) is 3. The predicted molar refractivity (Wildman–Crippen MR) is 98.5 cm³/mol. The van der Waals surface area contributed by atoms with Gasteiger partial charge in [-0.25, -0.2) is 0 Å². The smallest absolute Gasteiger partial charge is 0.328 e. The van der Waals surface area contributed by atoms with Crippen molar-refractivity contribution in [3.05, 3.63) is 35.9 Å². The third-order valence-electron chi connectivity index (χ3n) is 6.41. The number of piperidine rings is 1. The summed E-state index contributed by atoms with van der Waals surface area (Å²) in [4.78, 5) is 14.5. The van der Waals surface area contributed by atoms with Crippen molar-refractivity contribution in [1.29, 1.82) is 0 Å². The molecular formula is C21H25N2O3+. The molecule has 2 atom stereocenters. The van der Waals surface area contributed by atoms with Gasteiger partial charge in [0, 0.05) is 22.9 Å². The fourth-order valence-corrected chi connectivity index (χ4v) is 5.21. The molecular weight excluding hydrogens is 328 g/mol. The third kappa shape index (κ3) is 2.10. The van der Waals surface area contributed by atoms with Gasteiger partial charge in [-0.15, -0.1) is 0 Å². The van der Waals surface area contributed by atoms with E-state index in [0.29, 0.717) is 6.54 Å². The Morgan fingerprint density at radius 3 is 2.69 bits per heavy atom. The Bertz CT molecular complexity index is 875. The molecule has 5 rings (SSSR count). The van der Waals surface area contributed by atoms with Crippen LogP contribution in [0.1, 0.15) is 43.6 Å². The van der Waals surface area contributed by atoms with Crippen molar-refractivity contribution >= 4 is 16.7 Å². The van der Waals surface area contributed by atoms with E-state index in [2.05, 4.69) is 5.32 Å². The summed E-state index contributed by atoms with van der Waals surface area (Å²) in [5.41, 5.74) is 0.104.